The van der Waals surface area contributed by atoms with Gasteiger partial charge < -0.3 is 4.98 Å². The Kier molecular flexibility index (Phi) is 3.90. The van der Waals surface area contributed by atoms with Gasteiger partial charge in [0.2, 0.25) is 0 Å². The van der Waals surface area contributed by atoms with E-state index in [1.165, 1.54) is 32.7 Å². The van der Waals surface area contributed by atoms with Gasteiger partial charge in [0.25, 0.3) is 0 Å². The van der Waals surface area contributed by atoms with Crippen LogP contribution in [0, 0.1) is 0 Å². The molecule has 1 nitrogen and oxygen atoms in total. The highest BCUT2D eigenvalue weighted by Crippen LogP contribution is 2.41. The van der Waals surface area contributed by atoms with Crippen molar-refractivity contribution < 1.29 is 0 Å². The predicted molar refractivity (Wildman–Crippen MR) is 129 cm³/mol. The second-order valence-electron chi connectivity index (χ2n) is 7.62. The van der Waals surface area contributed by atoms with E-state index in [0.717, 1.165) is 27.2 Å². The molecule has 0 radical (unpaired) electrons. The molecule has 0 atom stereocenters. The van der Waals surface area contributed by atoms with E-state index in [1.807, 2.05) is 18.2 Å². The van der Waals surface area contributed by atoms with Gasteiger partial charge in [-0.05, 0) is 51.7 Å². The van der Waals surface area contributed by atoms with Gasteiger partial charge in [0.15, 0.2) is 0 Å². The maximum Gasteiger partial charge on any atom is 0.0484 e. The predicted octanol–water partition coefficient (Wildman–Crippen LogP) is 8.46. The zero-order chi connectivity index (χ0) is 20.1. The Bertz CT molecular complexity index is 1560. The molecule has 1 N–H and O–H groups in total. The molecular weight excluding hydrogens is 386 g/mol. The van der Waals surface area contributed by atoms with Crippen LogP contribution in [0.1, 0.15) is 0 Å². The van der Waals surface area contributed by atoms with E-state index in [4.69, 9.17) is 11.6 Å². The van der Waals surface area contributed by atoms with Crippen molar-refractivity contribution in [2.75, 3.05) is 0 Å². The number of H-pyrrole nitrogens is 1. The summed E-state index contributed by atoms with van der Waals surface area (Å²) in [4.78, 5) is 3.62. The van der Waals surface area contributed by atoms with Crippen LogP contribution in [0.25, 0.3) is 54.8 Å². The van der Waals surface area contributed by atoms with Gasteiger partial charge in [-0.1, -0.05) is 90.5 Å². The van der Waals surface area contributed by atoms with Gasteiger partial charge in [0, 0.05) is 32.4 Å². The monoisotopic (exact) mass is 403 g/mol. The summed E-state index contributed by atoms with van der Waals surface area (Å²) in [5.41, 5.74) is 6.90. The number of aromatic nitrogens is 1. The molecule has 0 saturated heterocycles. The maximum absolute atomic E-state index is 6.57. The highest BCUT2D eigenvalue weighted by atomic mass is 35.5. The van der Waals surface area contributed by atoms with Crippen molar-refractivity contribution in [1.82, 2.24) is 4.98 Å². The SMILES string of the molecule is Clc1ccccc1-c1ccccc1-c1cccc2[nH]c3cc4ccccc4cc3c12. The zero-order valence-electron chi connectivity index (χ0n) is 16.2. The molecule has 0 fully saturated rings. The topological polar surface area (TPSA) is 15.8 Å². The highest BCUT2D eigenvalue weighted by molar-refractivity contribution is 6.33. The normalized spacial score (nSPS) is 11.5. The Hall–Kier alpha value is -3.55. The van der Waals surface area contributed by atoms with E-state index in [0.29, 0.717) is 0 Å². The molecule has 1 heterocycles. The van der Waals surface area contributed by atoms with E-state index in [-0.39, 0.29) is 0 Å². The Morgan fingerprint density at radius 2 is 1.10 bits per heavy atom. The van der Waals surface area contributed by atoms with E-state index in [9.17, 15) is 0 Å². The molecule has 0 amide bonds. The summed E-state index contributed by atoms with van der Waals surface area (Å²) in [5, 5.41) is 5.75. The second kappa shape index (κ2) is 6.76. The maximum atomic E-state index is 6.57. The molecule has 30 heavy (non-hydrogen) atoms. The van der Waals surface area contributed by atoms with Gasteiger partial charge in [0.1, 0.15) is 0 Å². The van der Waals surface area contributed by atoms with Crippen LogP contribution >= 0.6 is 11.6 Å². The van der Waals surface area contributed by atoms with Gasteiger partial charge in [-0.15, -0.1) is 0 Å². The van der Waals surface area contributed by atoms with Crippen molar-refractivity contribution in [2.45, 2.75) is 0 Å². The fourth-order valence-electron chi connectivity index (χ4n) is 4.50. The summed E-state index contributed by atoms with van der Waals surface area (Å²) in [6.45, 7) is 0. The smallest absolute Gasteiger partial charge is 0.0484 e. The third-order valence-corrected chi connectivity index (χ3v) is 6.20. The number of fused-ring (bicyclic) bond motifs is 4. The van der Waals surface area contributed by atoms with E-state index in [1.54, 1.807) is 0 Å². The minimum Gasteiger partial charge on any atom is -0.354 e. The van der Waals surface area contributed by atoms with E-state index in [2.05, 4.69) is 89.9 Å². The summed E-state index contributed by atoms with van der Waals surface area (Å²) in [6.07, 6.45) is 0. The lowest BCUT2D eigenvalue weighted by Crippen LogP contribution is -1.87. The van der Waals surface area contributed by atoms with Crippen LogP contribution in [0.5, 0.6) is 0 Å². The highest BCUT2D eigenvalue weighted by Gasteiger charge is 2.15. The Morgan fingerprint density at radius 3 is 1.87 bits per heavy atom. The molecule has 0 bridgehead atoms. The molecule has 142 valence electrons. The number of hydrogen-bond acceptors (Lipinski definition) is 0. The molecule has 1 aromatic heterocycles. The number of halogens is 1. The lowest BCUT2D eigenvalue weighted by Gasteiger charge is -2.13. The molecule has 0 aliphatic rings. The van der Waals surface area contributed by atoms with E-state index < -0.39 is 0 Å². The van der Waals surface area contributed by atoms with Crippen LogP contribution in [0.15, 0.2) is 103 Å². The number of nitrogens with one attached hydrogen (secondary N) is 1. The molecule has 0 aliphatic heterocycles. The van der Waals surface area contributed by atoms with Crippen molar-refractivity contribution in [3.8, 4) is 22.3 Å². The lowest BCUT2D eigenvalue weighted by atomic mass is 9.91. The summed E-state index contributed by atoms with van der Waals surface area (Å²) < 4.78 is 0. The van der Waals surface area contributed by atoms with E-state index >= 15 is 0 Å². The molecule has 2 heteroatoms. The van der Waals surface area contributed by atoms with Crippen LogP contribution in [0.3, 0.4) is 0 Å². The average molecular weight is 404 g/mol. The first-order valence-corrected chi connectivity index (χ1v) is 10.4. The van der Waals surface area contributed by atoms with Gasteiger partial charge in [-0.25, -0.2) is 0 Å². The van der Waals surface area contributed by atoms with Gasteiger partial charge in [-0.2, -0.15) is 0 Å². The minimum absolute atomic E-state index is 0.766. The first-order valence-electron chi connectivity index (χ1n) is 10.1. The molecule has 0 unspecified atom stereocenters. The van der Waals surface area contributed by atoms with Crippen molar-refractivity contribution >= 4 is 44.2 Å². The van der Waals surface area contributed by atoms with Crippen LogP contribution in [-0.4, -0.2) is 4.98 Å². The standard InChI is InChI=1S/C28H18ClN/c29-25-14-6-5-12-22(25)20-10-3-4-11-21(20)23-13-7-15-26-28(23)24-16-18-8-1-2-9-19(18)17-27(24)30-26/h1-17,30H. The van der Waals surface area contributed by atoms with Crippen LogP contribution in [0.4, 0.5) is 0 Å². The molecule has 0 saturated carbocycles. The summed E-state index contributed by atoms with van der Waals surface area (Å²) in [5.74, 6) is 0. The largest absolute Gasteiger partial charge is 0.354 e. The lowest BCUT2D eigenvalue weighted by molar-refractivity contribution is 1.55. The molecule has 0 aliphatic carbocycles. The van der Waals surface area contributed by atoms with Gasteiger partial charge >= 0.3 is 0 Å². The molecule has 6 aromatic rings. The first-order chi connectivity index (χ1) is 14.8. The summed E-state index contributed by atoms with van der Waals surface area (Å²) >= 11 is 6.57. The fraction of sp³-hybridized carbons (Fsp3) is 0. The van der Waals surface area contributed by atoms with Gasteiger partial charge in [0.05, 0.1) is 0 Å². The van der Waals surface area contributed by atoms with Crippen LogP contribution in [-0.2, 0) is 0 Å². The quantitative estimate of drug-likeness (QED) is 0.298. The number of hydrogen-bond donors (Lipinski definition) is 1. The molecule has 6 rings (SSSR count). The minimum atomic E-state index is 0.766. The third-order valence-electron chi connectivity index (χ3n) is 5.87. The molecule has 0 spiro atoms. The number of aromatic amines is 1. The summed E-state index contributed by atoms with van der Waals surface area (Å²) in [6, 6.07) is 36.1. The molecular formula is C28H18ClN. The Balaban J connectivity index is 1.70. The average Bonchev–Trinajstić information content (AvgIpc) is 3.15. The first kappa shape index (κ1) is 17.3. The number of rotatable bonds is 2. The number of benzene rings is 5. The van der Waals surface area contributed by atoms with Crippen LogP contribution < -0.4 is 0 Å². The van der Waals surface area contributed by atoms with Crippen molar-refractivity contribution in [3.05, 3.63) is 108 Å². The Labute approximate surface area is 179 Å². The fourth-order valence-corrected chi connectivity index (χ4v) is 4.74. The Morgan fingerprint density at radius 1 is 0.500 bits per heavy atom. The van der Waals surface area contributed by atoms with Crippen molar-refractivity contribution in [1.29, 1.82) is 0 Å². The molecule has 5 aromatic carbocycles. The summed E-state index contributed by atoms with van der Waals surface area (Å²) in [7, 11) is 0. The van der Waals surface area contributed by atoms with Crippen molar-refractivity contribution in [2.24, 2.45) is 0 Å². The van der Waals surface area contributed by atoms with Crippen molar-refractivity contribution in [3.63, 3.8) is 0 Å². The second-order valence-corrected chi connectivity index (χ2v) is 8.03. The van der Waals surface area contributed by atoms with Gasteiger partial charge in [-0.3, -0.25) is 0 Å². The van der Waals surface area contributed by atoms with Crippen LogP contribution in [0.2, 0.25) is 5.02 Å². The zero-order valence-corrected chi connectivity index (χ0v) is 16.9. The third kappa shape index (κ3) is 2.63.